The van der Waals surface area contributed by atoms with E-state index in [0.717, 1.165) is 17.8 Å². The molecule has 0 aliphatic carbocycles. The summed E-state index contributed by atoms with van der Waals surface area (Å²) in [6.45, 7) is 0. The van der Waals surface area contributed by atoms with E-state index in [2.05, 4.69) is 20.5 Å². The number of hydrogen-bond acceptors (Lipinski definition) is 3. The molecule has 0 amide bonds. The number of nitrogens with zero attached hydrogens (tertiary/aromatic N) is 2. The summed E-state index contributed by atoms with van der Waals surface area (Å²) < 4.78 is 0. The van der Waals surface area contributed by atoms with Gasteiger partial charge in [0.05, 0.1) is 5.69 Å². The zero-order valence-corrected chi connectivity index (χ0v) is 9.48. The van der Waals surface area contributed by atoms with Crippen LogP contribution in [0.3, 0.4) is 0 Å². The molecule has 0 aromatic carbocycles. The molecule has 0 unspecified atom stereocenters. The van der Waals surface area contributed by atoms with Crippen molar-refractivity contribution in [2.24, 2.45) is 0 Å². The second kappa shape index (κ2) is 3.40. The van der Waals surface area contributed by atoms with Crippen LogP contribution in [0.25, 0.3) is 11.4 Å². The van der Waals surface area contributed by atoms with E-state index < -0.39 is 0 Å². The molecule has 86 valence electrons. The second-order valence-electron chi connectivity index (χ2n) is 4.88. The minimum atomic E-state index is 0.472. The molecule has 2 atom stereocenters. The summed E-state index contributed by atoms with van der Waals surface area (Å²) in [5, 5.41) is 11.3. The Hall–Kier alpha value is -1.68. The molecule has 2 N–H and O–H groups in total. The van der Waals surface area contributed by atoms with Crippen molar-refractivity contribution in [1.29, 1.82) is 0 Å². The standard InChI is InChI=1S/C13H14N4/c1-2-6-14-10(3-1)13-12-9-5-4-8(15-9)7-11(12)16-17-13/h1-3,6,8-9,15H,4-5,7H2,(H,16,17)/t8-,9+/m0/s1. The number of nitrogens with one attached hydrogen (secondary N) is 2. The van der Waals surface area contributed by atoms with E-state index in [1.807, 2.05) is 24.4 Å². The lowest BCUT2D eigenvalue weighted by atomic mass is 9.98. The van der Waals surface area contributed by atoms with Gasteiger partial charge in [0.1, 0.15) is 5.69 Å². The molecule has 1 saturated heterocycles. The Morgan fingerprint density at radius 1 is 1.24 bits per heavy atom. The molecule has 17 heavy (non-hydrogen) atoms. The van der Waals surface area contributed by atoms with Crippen LogP contribution in [0.5, 0.6) is 0 Å². The summed E-state index contributed by atoms with van der Waals surface area (Å²) >= 11 is 0. The van der Waals surface area contributed by atoms with E-state index in [1.54, 1.807) is 0 Å². The predicted octanol–water partition coefficient (Wildman–Crippen LogP) is 1.82. The number of pyridine rings is 1. The van der Waals surface area contributed by atoms with Gasteiger partial charge in [-0.05, 0) is 25.0 Å². The van der Waals surface area contributed by atoms with Crippen molar-refractivity contribution in [3.63, 3.8) is 0 Å². The van der Waals surface area contributed by atoms with Crippen LogP contribution < -0.4 is 5.32 Å². The molecule has 4 heteroatoms. The van der Waals surface area contributed by atoms with Gasteiger partial charge in [-0.25, -0.2) is 0 Å². The summed E-state index contributed by atoms with van der Waals surface area (Å²) in [5.74, 6) is 0. The highest BCUT2D eigenvalue weighted by Crippen LogP contribution is 2.39. The number of rotatable bonds is 1. The topological polar surface area (TPSA) is 53.6 Å². The highest BCUT2D eigenvalue weighted by Gasteiger charge is 2.36. The fourth-order valence-electron chi connectivity index (χ4n) is 3.07. The first-order valence-corrected chi connectivity index (χ1v) is 6.16. The van der Waals surface area contributed by atoms with Gasteiger partial charge in [-0.2, -0.15) is 5.10 Å². The smallest absolute Gasteiger partial charge is 0.115 e. The summed E-state index contributed by atoms with van der Waals surface area (Å²) in [6.07, 6.45) is 5.39. The van der Waals surface area contributed by atoms with Gasteiger partial charge < -0.3 is 5.32 Å². The molecule has 4 rings (SSSR count). The summed E-state index contributed by atoms with van der Waals surface area (Å²) in [5.41, 5.74) is 4.64. The Balaban J connectivity index is 1.87. The van der Waals surface area contributed by atoms with Gasteiger partial charge in [0, 0.05) is 36.0 Å². The SMILES string of the molecule is c1ccc(-c2n[nH]c3c2[C@H]2CC[C@@H](C3)N2)nc1. The molecule has 2 aromatic heterocycles. The van der Waals surface area contributed by atoms with Crippen LogP contribution in [0.1, 0.15) is 30.1 Å². The predicted molar refractivity (Wildman–Crippen MR) is 64.4 cm³/mol. The van der Waals surface area contributed by atoms with Crippen LogP contribution >= 0.6 is 0 Å². The van der Waals surface area contributed by atoms with Crippen molar-refractivity contribution >= 4 is 0 Å². The fourth-order valence-corrected chi connectivity index (χ4v) is 3.07. The van der Waals surface area contributed by atoms with E-state index in [1.165, 1.54) is 24.1 Å². The van der Waals surface area contributed by atoms with Crippen molar-refractivity contribution in [3.8, 4) is 11.4 Å². The average molecular weight is 226 g/mol. The highest BCUT2D eigenvalue weighted by molar-refractivity contribution is 5.61. The van der Waals surface area contributed by atoms with E-state index in [-0.39, 0.29) is 0 Å². The normalized spacial score (nSPS) is 25.9. The number of aromatic nitrogens is 3. The van der Waals surface area contributed by atoms with Gasteiger partial charge in [-0.15, -0.1) is 0 Å². The van der Waals surface area contributed by atoms with E-state index >= 15 is 0 Å². The molecular weight excluding hydrogens is 212 g/mol. The van der Waals surface area contributed by atoms with Gasteiger partial charge in [-0.1, -0.05) is 6.07 Å². The molecule has 0 spiro atoms. The van der Waals surface area contributed by atoms with Crippen LogP contribution in [0, 0.1) is 0 Å². The number of hydrogen-bond donors (Lipinski definition) is 2. The van der Waals surface area contributed by atoms with Crippen molar-refractivity contribution in [1.82, 2.24) is 20.5 Å². The first-order chi connectivity index (χ1) is 8.42. The molecule has 1 fully saturated rings. The minimum Gasteiger partial charge on any atom is -0.307 e. The van der Waals surface area contributed by atoms with Gasteiger partial charge in [0.15, 0.2) is 0 Å². The van der Waals surface area contributed by atoms with E-state index in [0.29, 0.717) is 12.1 Å². The van der Waals surface area contributed by atoms with Gasteiger partial charge >= 0.3 is 0 Å². The van der Waals surface area contributed by atoms with Gasteiger partial charge in [0.2, 0.25) is 0 Å². The largest absolute Gasteiger partial charge is 0.307 e. The molecule has 2 aromatic rings. The molecule has 4 heterocycles. The Labute approximate surface area is 99.5 Å². The summed E-state index contributed by atoms with van der Waals surface area (Å²) in [4.78, 5) is 4.40. The third-order valence-corrected chi connectivity index (χ3v) is 3.83. The lowest BCUT2D eigenvalue weighted by molar-refractivity contribution is 0.511. The Bertz CT molecular complexity index is 546. The van der Waals surface area contributed by atoms with Crippen molar-refractivity contribution < 1.29 is 0 Å². The lowest BCUT2D eigenvalue weighted by Gasteiger charge is -2.21. The Morgan fingerprint density at radius 3 is 3.12 bits per heavy atom. The van der Waals surface area contributed by atoms with Gasteiger partial charge in [-0.3, -0.25) is 10.1 Å². The average Bonchev–Trinajstić information content (AvgIpc) is 2.96. The van der Waals surface area contributed by atoms with Gasteiger partial charge in [0.25, 0.3) is 0 Å². The van der Waals surface area contributed by atoms with Crippen molar-refractivity contribution in [3.05, 3.63) is 35.7 Å². The molecule has 4 nitrogen and oxygen atoms in total. The fraction of sp³-hybridized carbons (Fsp3) is 0.385. The highest BCUT2D eigenvalue weighted by atomic mass is 15.2. The molecule has 2 bridgehead atoms. The van der Waals surface area contributed by atoms with Crippen LogP contribution in [-0.4, -0.2) is 21.2 Å². The number of H-pyrrole nitrogens is 1. The van der Waals surface area contributed by atoms with Crippen molar-refractivity contribution in [2.45, 2.75) is 31.3 Å². The number of aromatic amines is 1. The van der Waals surface area contributed by atoms with Crippen molar-refractivity contribution in [2.75, 3.05) is 0 Å². The van der Waals surface area contributed by atoms with Crippen LogP contribution in [0.2, 0.25) is 0 Å². The number of fused-ring (bicyclic) bond motifs is 4. The Kier molecular flexibility index (Phi) is 1.87. The molecule has 0 radical (unpaired) electrons. The summed E-state index contributed by atoms with van der Waals surface area (Å²) in [6, 6.07) is 7.09. The second-order valence-corrected chi connectivity index (χ2v) is 4.88. The molecule has 2 aliphatic heterocycles. The van der Waals surface area contributed by atoms with Crippen LogP contribution in [0.15, 0.2) is 24.4 Å². The molecule has 0 saturated carbocycles. The maximum atomic E-state index is 4.46. The van der Waals surface area contributed by atoms with Crippen LogP contribution in [-0.2, 0) is 6.42 Å². The molecular formula is C13H14N4. The first kappa shape index (κ1) is 9.36. The maximum absolute atomic E-state index is 4.46. The first-order valence-electron chi connectivity index (χ1n) is 6.16. The quantitative estimate of drug-likeness (QED) is 0.780. The monoisotopic (exact) mass is 226 g/mol. The zero-order valence-electron chi connectivity index (χ0n) is 9.48. The van der Waals surface area contributed by atoms with E-state index in [9.17, 15) is 0 Å². The maximum Gasteiger partial charge on any atom is 0.115 e. The van der Waals surface area contributed by atoms with Crippen LogP contribution in [0.4, 0.5) is 0 Å². The third-order valence-electron chi connectivity index (χ3n) is 3.83. The third kappa shape index (κ3) is 1.34. The minimum absolute atomic E-state index is 0.472. The zero-order chi connectivity index (χ0) is 11.2. The molecule has 2 aliphatic rings. The Morgan fingerprint density at radius 2 is 2.24 bits per heavy atom. The summed E-state index contributed by atoms with van der Waals surface area (Å²) in [7, 11) is 0. The van der Waals surface area contributed by atoms with E-state index in [4.69, 9.17) is 0 Å². The lowest BCUT2D eigenvalue weighted by Crippen LogP contribution is -2.31.